The smallest absolute Gasteiger partial charge is 0.324 e. The molecule has 0 spiro atoms. The zero-order valence-electron chi connectivity index (χ0n) is 12.8. The van der Waals surface area contributed by atoms with Crippen molar-refractivity contribution in [2.75, 3.05) is 33.2 Å². The number of carboxylic acids is 1. The normalized spacial score (nSPS) is 37.2. The number of rotatable bonds is 2. The fourth-order valence-electron chi connectivity index (χ4n) is 4.30. The molecule has 1 N–H and O–H groups in total. The number of carboxylic acid groups (broad SMARTS) is 1. The van der Waals surface area contributed by atoms with Crippen molar-refractivity contribution in [3.63, 3.8) is 0 Å². The SMILES string of the molecule is CC1CC(C)(C)CC(C(=O)O)(N2CCN(C)CC2)C1. The van der Waals surface area contributed by atoms with E-state index in [1.165, 1.54) is 0 Å². The Morgan fingerprint density at radius 1 is 1.16 bits per heavy atom. The predicted molar refractivity (Wildman–Crippen MR) is 76.2 cm³/mol. The van der Waals surface area contributed by atoms with Crippen molar-refractivity contribution >= 4 is 5.97 Å². The molecule has 1 heterocycles. The standard InChI is InChI=1S/C15H28N2O2/c1-12-9-14(2,3)11-15(10-12,13(18)19)17-7-5-16(4)6-8-17/h12H,5-11H2,1-4H3,(H,18,19). The number of hydrogen-bond donors (Lipinski definition) is 1. The molecule has 0 amide bonds. The van der Waals surface area contributed by atoms with Gasteiger partial charge in [-0.15, -0.1) is 0 Å². The van der Waals surface area contributed by atoms with E-state index in [0.717, 1.165) is 45.4 Å². The van der Waals surface area contributed by atoms with Gasteiger partial charge in [-0.1, -0.05) is 20.8 Å². The van der Waals surface area contributed by atoms with Crippen LogP contribution < -0.4 is 0 Å². The third kappa shape index (κ3) is 2.95. The average Bonchev–Trinajstić information content (AvgIpc) is 2.26. The topological polar surface area (TPSA) is 43.8 Å². The highest BCUT2D eigenvalue weighted by Gasteiger charge is 2.52. The van der Waals surface area contributed by atoms with E-state index >= 15 is 0 Å². The Hall–Kier alpha value is -0.610. The highest BCUT2D eigenvalue weighted by atomic mass is 16.4. The van der Waals surface area contributed by atoms with Crippen LogP contribution in [0.3, 0.4) is 0 Å². The molecule has 0 bridgehead atoms. The van der Waals surface area contributed by atoms with Crippen molar-refractivity contribution in [2.24, 2.45) is 11.3 Å². The molecule has 4 nitrogen and oxygen atoms in total. The van der Waals surface area contributed by atoms with Gasteiger partial charge in [-0.05, 0) is 37.6 Å². The summed E-state index contributed by atoms with van der Waals surface area (Å²) in [5, 5.41) is 9.90. The van der Waals surface area contributed by atoms with Gasteiger partial charge in [0.2, 0.25) is 0 Å². The Balaban J connectivity index is 2.24. The summed E-state index contributed by atoms with van der Waals surface area (Å²) < 4.78 is 0. The van der Waals surface area contributed by atoms with Crippen LogP contribution in [0.25, 0.3) is 0 Å². The van der Waals surface area contributed by atoms with Gasteiger partial charge >= 0.3 is 5.97 Å². The van der Waals surface area contributed by atoms with E-state index in [2.05, 4.69) is 37.6 Å². The summed E-state index contributed by atoms with van der Waals surface area (Å²) in [7, 11) is 2.11. The first-order valence-corrected chi connectivity index (χ1v) is 7.42. The van der Waals surface area contributed by atoms with Crippen LogP contribution in [0.4, 0.5) is 0 Å². The van der Waals surface area contributed by atoms with Crippen LogP contribution in [0.15, 0.2) is 0 Å². The molecule has 4 heteroatoms. The lowest BCUT2D eigenvalue weighted by Gasteiger charge is -2.52. The maximum absolute atomic E-state index is 12.0. The van der Waals surface area contributed by atoms with Gasteiger partial charge in [0.25, 0.3) is 0 Å². The molecule has 0 radical (unpaired) electrons. The fraction of sp³-hybridized carbons (Fsp3) is 0.933. The predicted octanol–water partition coefficient (Wildman–Crippen LogP) is 1.90. The number of hydrogen-bond acceptors (Lipinski definition) is 3. The molecule has 0 aromatic carbocycles. The second-order valence-corrected chi connectivity index (χ2v) is 7.48. The maximum Gasteiger partial charge on any atom is 0.324 e. The third-order valence-electron chi connectivity index (χ3n) is 4.86. The van der Waals surface area contributed by atoms with E-state index in [9.17, 15) is 9.90 Å². The van der Waals surface area contributed by atoms with E-state index in [4.69, 9.17) is 0 Å². The number of aliphatic carboxylic acids is 1. The molecule has 1 saturated carbocycles. The van der Waals surface area contributed by atoms with E-state index in [1.807, 2.05) is 0 Å². The summed E-state index contributed by atoms with van der Waals surface area (Å²) in [6.07, 6.45) is 2.72. The Labute approximate surface area is 116 Å². The molecule has 0 aromatic rings. The molecule has 2 rings (SSSR count). The van der Waals surface area contributed by atoms with E-state index < -0.39 is 11.5 Å². The first-order chi connectivity index (χ1) is 8.75. The molecule has 2 unspecified atom stereocenters. The minimum absolute atomic E-state index is 0.124. The summed E-state index contributed by atoms with van der Waals surface area (Å²) >= 11 is 0. The Bertz CT molecular complexity index is 348. The van der Waals surface area contributed by atoms with Crippen molar-refractivity contribution in [3.8, 4) is 0 Å². The van der Waals surface area contributed by atoms with E-state index in [1.54, 1.807) is 0 Å². The molecule has 110 valence electrons. The lowest BCUT2D eigenvalue weighted by molar-refractivity contribution is -0.161. The maximum atomic E-state index is 12.0. The first-order valence-electron chi connectivity index (χ1n) is 7.42. The van der Waals surface area contributed by atoms with Crippen LogP contribution in [-0.2, 0) is 4.79 Å². The number of likely N-dealkylation sites (N-methyl/N-ethyl adjacent to an activating group) is 1. The van der Waals surface area contributed by atoms with E-state index in [-0.39, 0.29) is 5.41 Å². The highest BCUT2D eigenvalue weighted by molar-refractivity contribution is 5.79. The van der Waals surface area contributed by atoms with Gasteiger partial charge in [0, 0.05) is 26.2 Å². The van der Waals surface area contributed by atoms with Crippen LogP contribution in [-0.4, -0.2) is 59.6 Å². The minimum Gasteiger partial charge on any atom is -0.480 e. The summed E-state index contributed by atoms with van der Waals surface area (Å²) in [6.45, 7) is 10.4. The molecule has 2 aliphatic rings. The van der Waals surface area contributed by atoms with Crippen LogP contribution in [0.1, 0.15) is 40.0 Å². The molecular formula is C15H28N2O2. The van der Waals surface area contributed by atoms with E-state index in [0.29, 0.717) is 5.92 Å². The molecule has 19 heavy (non-hydrogen) atoms. The molecule has 1 saturated heterocycles. The highest BCUT2D eigenvalue weighted by Crippen LogP contribution is 2.47. The third-order valence-corrected chi connectivity index (χ3v) is 4.86. The zero-order chi connectivity index (χ0) is 14.3. The lowest BCUT2D eigenvalue weighted by Crippen LogP contribution is -2.63. The number of nitrogens with zero attached hydrogens (tertiary/aromatic N) is 2. The van der Waals surface area contributed by atoms with Gasteiger partial charge in [-0.3, -0.25) is 9.69 Å². The fourth-order valence-corrected chi connectivity index (χ4v) is 4.30. The van der Waals surface area contributed by atoms with Gasteiger partial charge in [0.1, 0.15) is 5.54 Å². The molecule has 1 aliphatic heterocycles. The van der Waals surface area contributed by atoms with Gasteiger partial charge in [0.05, 0.1) is 0 Å². The largest absolute Gasteiger partial charge is 0.480 e. The van der Waals surface area contributed by atoms with Crippen molar-refractivity contribution in [2.45, 2.75) is 45.6 Å². The second kappa shape index (κ2) is 5.06. The van der Waals surface area contributed by atoms with Crippen LogP contribution >= 0.6 is 0 Å². The zero-order valence-corrected chi connectivity index (χ0v) is 12.8. The molecular weight excluding hydrogens is 240 g/mol. The van der Waals surface area contributed by atoms with Gasteiger partial charge < -0.3 is 10.0 Å². The van der Waals surface area contributed by atoms with Gasteiger partial charge in [0.15, 0.2) is 0 Å². The summed E-state index contributed by atoms with van der Waals surface area (Å²) in [4.78, 5) is 16.6. The Morgan fingerprint density at radius 2 is 1.74 bits per heavy atom. The minimum atomic E-state index is -0.636. The van der Waals surface area contributed by atoms with Crippen molar-refractivity contribution in [3.05, 3.63) is 0 Å². The number of carbonyl (C=O) groups is 1. The van der Waals surface area contributed by atoms with Crippen LogP contribution in [0.5, 0.6) is 0 Å². The Morgan fingerprint density at radius 3 is 2.21 bits per heavy atom. The average molecular weight is 268 g/mol. The van der Waals surface area contributed by atoms with Gasteiger partial charge in [-0.25, -0.2) is 0 Å². The number of piperazine rings is 1. The Kier molecular flexibility index (Phi) is 3.94. The molecule has 2 fully saturated rings. The molecule has 2 atom stereocenters. The van der Waals surface area contributed by atoms with Crippen LogP contribution in [0, 0.1) is 11.3 Å². The van der Waals surface area contributed by atoms with Crippen molar-refractivity contribution < 1.29 is 9.90 Å². The first kappa shape index (κ1) is 14.8. The lowest BCUT2D eigenvalue weighted by atomic mass is 9.63. The monoisotopic (exact) mass is 268 g/mol. The van der Waals surface area contributed by atoms with Crippen LogP contribution in [0.2, 0.25) is 0 Å². The summed E-state index contributed by atoms with van der Waals surface area (Å²) in [5.41, 5.74) is -0.512. The molecule has 1 aliphatic carbocycles. The van der Waals surface area contributed by atoms with Crippen molar-refractivity contribution in [1.29, 1.82) is 0 Å². The summed E-state index contributed by atoms with van der Waals surface area (Å²) in [5.74, 6) is -0.129. The molecule has 0 aromatic heterocycles. The summed E-state index contributed by atoms with van der Waals surface area (Å²) in [6, 6.07) is 0. The quantitative estimate of drug-likeness (QED) is 0.831. The van der Waals surface area contributed by atoms with Gasteiger partial charge in [-0.2, -0.15) is 0 Å². The van der Waals surface area contributed by atoms with Crippen molar-refractivity contribution in [1.82, 2.24) is 9.80 Å². The second-order valence-electron chi connectivity index (χ2n) is 7.48.